The van der Waals surface area contributed by atoms with Gasteiger partial charge in [0.15, 0.2) is 0 Å². The standard InChI is InChI=1S/C19H20FNO/c1-14(22)6-11-19-18-5-3-2-4-15(18)12-13-21(19)17-9-7-16(20)8-10-17/h2-5,7-10,19H,6,11-13H2,1H3. The predicted molar refractivity (Wildman–Crippen MR) is 86.5 cm³/mol. The summed E-state index contributed by atoms with van der Waals surface area (Å²) in [6, 6.07) is 15.2. The first-order chi connectivity index (χ1) is 10.6. The van der Waals surface area contributed by atoms with Crippen LogP contribution in [-0.2, 0) is 11.2 Å². The highest BCUT2D eigenvalue weighted by atomic mass is 19.1. The van der Waals surface area contributed by atoms with Gasteiger partial charge in [-0.3, -0.25) is 0 Å². The number of benzene rings is 2. The Morgan fingerprint density at radius 2 is 1.91 bits per heavy atom. The summed E-state index contributed by atoms with van der Waals surface area (Å²) in [6.45, 7) is 2.53. The molecule has 114 valence electrons. The van der Waals surface area contributed by atoms with Gasteiger partial charge in [0.1, 0.15) is 11.6 Å². The van der Waals surface area contributed by atoms with Crippen LogP contribution in [0.5, 0.6) is 0 Å². The number of carbonyl (C=O) groups excluding carboxylic acids is 1. The van der Waals surface area contributed by atoms with Gasteiger partial charge in [-0.1, -0.05) is 24.3 Å². The molecule has 0 aliphatic carbocycles. The first-order valence-electron chi connectivity index (χ1n) is 7.74. The van der Waals surface area contributed by atoms with Crippen LogP contribution < -0.4 is 4.90 Å². The smallest absolute Gasteiger partial charge is 0.129 e. The highest BCUT2D eigenvalue weighted by molar-refractivity contribution is 5.75. The molecule has 0 aromatic heterocycles. The molecule has 0 spiro atoms. The number of hydrogen-bond acceptors (Lipinski definition) is 2. The number of halogens is 1. The average Bonchev–Trinajstić information content (AvgIpc) is 2.53. The number of ketones is 1. The van der Waals surface area contributed by atoms with Crippen molar-refractivity contribution in [2.45, 2.75) is 32.2 Å². The molecular formula is C19H20FNO. The largest absolute Gasteiger partial charge is 0.364 e. The molecule has 2 nitrogen and oxygen atoms in total. The van der Waals surface area contributed by atoms with E-state index in [9.17, 15) is 9.18 Å². The first-order valence-corrected chi connectivity index (χ1v) is 7.74. The molecule has 3 rings (SSSR count). The van der Waals surface area contributed by atoms with E-state index in [1.807, 2.05) is 18.2 Å². The number of anilines is 1. The summed E-state index contributed by atoms with van der Waals surface area (Å²) < 4.78 is 13.2. The highest BCUT2D eigenvalue weighted by Crippen LogP contribution is 2.36. The summed E-state index contributed by atoms with van der Waals surface area (Å²) in [5.74, 6) is -0.0106. The predicted octanol–water partition coefficient (Wildman–Crippen LogP) is 4.30. The molecule has 1 atom stereocenters. The van der Waals surface area contributed by atoms with Crippen LogP contribution in [0.1, 0.15) is 36.9 Å². The third-order valence-electron chi connectivity index (χ3n) is 4.34. The third kappa shape index (κ3) is 3.03. The van der Waals surface area contributed by atoms with E-state index in [2.05, 4.69) is 23.1 Å². The fourth-order valence-corrected chi connectivity index (χ4v) is 3.24. The Balaban J connectivity index is 1.94. The minimum Gasteiger partial charge on any atom is -0.364 e. The molecule has 2 aromatic rings. The lowest BCUT2D eigenvalue weighted by Gasteiger charge is -2.39. The van der Waals surface area contributed by atoms with Gasteiger partial charge in [0.05, 0.1) is 6.04 Å². The molecule has 0 bridgehead atoms. The lowest BCUT2D eigenvalue weighted by atomic mass is 9.89. The van der Waals surface area contributed by atoms with Crippen LogP contribution in [-0.4, -0.2) is 12.3 Å². The van der Waals surface area contributed by atoms with Crippen molar-refractivity contribution in [2.24, 2.45) is 0 Å². The molecule has 0 saturated heterocycles. The van der Waals surface area contributed by atoms with Crippen molar-refractivity contribution >= 4 is 11.5 Å². The SMILES string of the molecule is CC(=O)CCC1c2ccccc2CCN1c1ccc(F)cc1. The van der Waals surface area contributed by atoms with Crippen molar-refractivity contribution in [2.75, 3.05) is 11.4 Å². The summed E-state index contributed by atoms with van der Waals surface area (Å²) in [4.78, 5) is 13.7. The highest BCUT2D eigenvalue weighted by Gasteiger charge is 2.27. The zero-order valence-corrected chi connectivity index (χ0v) is 12.8. The number of fused-ring (bicyclic) bond motifs is 1. The van der Waals surface area contributed by atoms with E-state index in [1.165, 1.54) is 23.3 Å². The summed E-state index contributed by atoms with van der Waals surface area (Å²) in [5.41, 5.74) is 3.66. The van der Waals surface area contributed by atoms with E-state index >= 15 is 0 Å². The van der Waals surface area contributed by atoms with Crippen LogP contribution >= 0.6 is 0 Å². The zero-order chi connectivity index (χ0) is 15.5. The number of Topliss-reactive ketones (excluding diaryl/α,β-unsaturated/α-hetero) is 1. The quantitative estimate of drug-likeness (QED) is 0.838. The zero-order valence-electron chi connectivity index (χ0n) is 12.8. The van der Waals surface area contributed by atoms with Crippen molar-refractivity contribution in [3.05, 3.63) is 65.5 Å². The monoisotopic (exact) mass is 297 g/mol. The maximum atomic E-state index is 13.2. The summed E-state index contributed by atoms with van der Waals surface area (Å²) >= 11 is 0. The van der Waals surface area contributed by atoms with Crippen LogP contribution in [0.15, 0.2) is 48.5 Å². The summed E-state index contributed by atoms with van der Waals surface area (Å²) in [6.07, 6.45) is 2.34. The molecule has 2 aromatic carbocycles. The van der Waals surface area contributed by atoms with Crippen LogP contribution in [0.3, 0.4) is 0 Å². The minimum atomic E-state index is -0.221. The van der Waals surface area contributed by atoms with E-state index in [4.69, 9.17) is 0 Å². The van der Waals surface area contributed by atoms with Gasteiger partial charge in [-0.15, -0.1) is 0 Å². The maximum Gasteiger partial charge on any atom is 0.129 e. The molecule has 0 amide bonds. The van der Waals surface area contributed by atoms with E-state index in [0.717, 1.165) is 25.1 Å². The van der Waals surface area contributed by atoms with Gasteiger partial charge in [-0.2, -0.15) is 0 Å². The van der Waals surface area contributed by atoms with Crippen molar-refractivity contribution in [1.29, 1.82) is 0 Å². The number of carbonyl (C=O) groups is 1. The summed E-state index contributed by atoms with van der Waals surface area (Å²) in [7, 11) is 0. The second kappa shape index (κ2) is 6.30. The third-order valence-corrected chi connectivity index (χ3v) is 4.34. The van der Waals surface area contributed by atoms with Crippen LogP contribution in [0.4, 0.5) is 10.1 Å². The van der Waals surface area contributed by atoms with Gasteiger partial charge >= 0.3 is 0 Å². The van der Waals surface area contributed by atoms with Gasteiger partial charge in [-0.25, -0.2) is 4.39 Å². The van der Waals surface area contributed by atoms with E-state index in [0.29, 0.717) is 6.42 Å². The number of hydrogen-bond donors (Lipinski definition) is 0. The van der Waals surface area contributed by atoms with Gasteiger partial charge in [0.2, 0.25) is 0 Å². The normalized spacial score (nSPS) is 17.2. The van der Waals surface area contributed by atoms with Gasteiger partial charge in [0, 0.05) is 18.7 Å². The Morgan fingerprint density at radius 1 is 1.18 bits per heavy atom. The van der Waals surface area contributed by atoms with E-state index < -0.39 is 0 Å². The lowest BCUT2D eigenvalue weighted by molar-refractivity contribution is -0.117. The Kier molecular flexibility index (Phi) is 4.23. The molecule has 0 saturated carbocycles. The van der Waals surface area contributed by atoms with Gasteiger partial charge < -0.3 is 9.69 Å². The Labute approximate surface area is 130 Å². The fraction of sp³-hybridized carbons (Fsp3) is 0.316. The summed E-state index contributed by atoms with van der Waals surface area (Å²) in [5, 5.41) is 0. The van der Waals surface area contributed by atoms with Crippen LogP contribution in [0.25, 0.3) is 0 Å². The van der Waals surface area contributed by atoms with Gasteiger partial charge in [0.25, 0.3) is 0 Å². The van der Waals surface area contributed by atoms with Crippen molar-refractivity contribution in [3.8, 4) is 0 Å². The van der Waals surface area contributed by atoms with E-state index in [1.54, 1.807) is 6.92 Å². The van der Waals surface area contributed by atoms with Crippen LogP contribution in [0, 0.1) is 5.82 Å². The molecular weight excluding hydrogens is 277 g/mol. The van der Waals surface area contributed by atoms with Crippen molar-refractivity contribution in [3.63, 3.8) is 0 Å². The number of rotatable bonds is 4. The Morgan fingerprint density at radius 3 is 2.64 bits per heavy atom. The molecule has 1 aliphatic rings. The molecule has 0 N–H and O–H groups in total. The Bertz CT molecular complexity index is 665. The molecule has 1 unspecified atom stereocenters. The molecule has 0 fully saturated rings. The molecule has 1 heterocycles. The fourth-order valence-electron chi connectivity index (χ4n) is 3.24. The first kappa shape index (κ1) is 14.8. The lowest BCUT2D eigenvalue weighted by Crippen LogP contribution is -2.35. The topological polar surface area (TPSA) is 20.3 Å². The molecule has 3 heteroatoms. The number of nitrogens with zero attached hydrogens (tertiary/aromatic N) is 1. The second-order valence-corrected chi connectivity index (χ2v) is 5.88. The maximum absolute atomic E-state index is 13.2. The van der Waals surface area contributed by atoms with E-state index in [-0.39, 0.29) is 17.6 Å². The van der Waals surface area contributed by atoms with Crippen molar-refractivity contribution < 1.29 is 9.18 Å². The molecule has 22 heavy (non-hydrogen) atoms. The second-order valence-electron chi connectivity index (χ2n) is 5.88. The minimum absolute atomic E-state index is 0.180. The molecule has 1 aliphatic heterocycles. The van der Waals surface area contributed by atoms with Crippen LogP contribution in [0.2, 0.25) is 0 Å². The average molecular weight is 297 g/mol. The van der Waals surface area contributed by atoms with Crippen molar-refractivity contribution in [1.82, 2.24) is 0 Å². The Hall–Kier alpha value is -2.16. The van der Waals surface area contributed by atoms with Gasteiger partial charge in [-0.05, 0) is 55.2 Å². The molecule has 0 radical (unpaired) electrons.